The Bertz CT molecular complexity index is 680. The molecule has 0 aliphatic carbocycles. The largest absolute Gasteiger partial charge is 0.481 e. The van der Waals surface area contributed by atoms with Gasteiger partial charge in [0.25, 0.3) is 5.91 Å². The van der Waals surface area contributed by atoms with Gasteiger partial charge in [0.15, 0.2) is 0 Å². The molecule has 1 aromatic heterocycles. The molecule has 0 fully saturated rings. The van der Waals surface area contributed by atoms with Crippen molar-refractivity contribution in [2.45, 2.75) is 26.8 Å². The van der Waals surface area contributed by atoms with E-state index in [4.69, 9.17) is 5.11 Å². The predicted octanol–water partition coefficient (Wildman–Crippen LogP) is 2.02. The maximum Gasteiger partial charge on any atom is 0.308 e. The molecule has 2 rings (SSSR count). The minimum atomic E-state index is -0.932. The van der Waals surface area contributed by atoms with Crippen LogP contribution < -0.4 is 5.32 Å². The summed E-state index contributed by atoms with van der Waals surface area (Å²) in [4.78, 5) is 23.1. The lowest BCUT2D eigenvalue weighted by Gasteiger charge is -2.18. The van der Waals surface area contributed by atoms with Crippen molar-refractivity contribution < 1.29 is 14.7 Å². The lowest BCUT2D eigenvalue weighted by atomic mass is 10.0. The molecular weight excluding hydrogens is 282 g/mol. The van der Waals surface area contributed by atoms with Crippen molar-refractivity contribution in [1.82, 2.24) is 15.1 Å². The molecule has 6 nitrogen and oxygen atoms in total. The van der Waals surface area contributed by atoms with Crippen LogP contribution >= 0.6 is 0 Å². The summed E-state index contributed by atoms with van der Waals surface area (Å²) in [7, 11) is 0. The highest BCUT2D eigenvalue weighted by Crippen LogP contribution is 2.15. The van der Waals surface area contributed by atoms with E-state index < -0.39 is 17.9 Å². The average Bonchev–Trinajstić information content (AvgIpc) is 2.99. The summed E-state index contributed by atoms with van der Waals surface area (Å²) in [5.41, 5.74) is 2.31. The van der Waals surface area contributed by atoms with Crippen LogP contribution in [0.2, 0.25) is 0 Å². The van der Waals surface area contributed by atoms with Gasteiger partial charge in [-0.2, -0.15) is 5.10 Å². The number of carboxylic acid groups (broad SMARTS) is 1. The van der Waals surface area contributed by atoms with E-state index in [1.165, 1.54) is 0 Å². The highest BCUT2D eigenvalue weighted by Gasteiger charge is 2.21. The maximum atomic E-state index is 12.2. The molecule has 2 unspecified atom stereocenters. The zero-order chi connectivity index (χ0) is 16.3. The van der Waals surface area contributed by atoms with Crippen LogP contribution in [0.3, 0.4) is 0 Å². The standard InChI is InChI=1S/C16H19N3O3/c1-10-9-13(5-6-14(10)19-8-4-7-17-19)15(20)18-12(3)11(2)16(21)22/h4-9,11-12H,1-3H3,(H,18,20)(H,21,22). The summed E-state index contributed by atoms with van der Waals surface area (Å²) in [6, 6.07) is 6.68. The molecule has 0 saturated heterocycles. The van der Waals surface area contributed by atoms with Crippen molar-refractivity contribution in [3.63, 3.8) is 0 Å². The van der Waals surface area contributed by atoms with Crippen LogP contribution in [0.5, 0.6) is 0 Å². The Labute approximate surface area is 128 Å². The summed E-state index contributed by atoms with van der Waals surface area (Å²) >= 11 is 0. The molecule has 1 heterocycles. The second-order valence-electron chi connectivity index (χ2n) is 5.34. The van der Waals surface area contributed by atoms with E-state index in [0.717, 1.165) is 11.3 Å². The van der Waals surface area contributed by atoms with Crippen molar-refractivity contribution in [3.05, 3.63) is 47.8 Å². The van der Waals surface area contributed by atoms with Crippen molar-refractivity contribution in [2.75, 3.05) is 0 Å². The summed E-state index contributed by atoms with van der Waals surface area (Å²) in [5.74, 6) is -1.86. The van der Waals surface area contributed by atoms with Crippen LogP contribution in [-0.4, -0.2) is 32.8 Å². The normalized spacial score (nSPS) is 13.4. The summed E-state index contributed by atoms with van der Waals surface area (Å²) in [5, 5.41) is 15.8. The molecule has 1 aromatic carbocycles. The second kappa shape index (κ2) is 6.43. The summed E-state index contributed by atoms with van der Waals surface area (Å²) in [6.07, 6.45) is 3.52. The molecule has 0 aliphatic heterocycles. The van der Waals surface area contributed by atoms with Gasteiger partial charge in [0.2, 0.25) is 0 Å². The fourth-order valence-corrected chi connectivity index (χ4v) is 2.09. The molecule has 0 saturated carbocycles. The lowest BCUT2D eigenvalue weighted by Crippen LogP contribution is -2.40. The number of nitrogens with one attached hydrogen (secondary N) is 1. The van der Waals surface area contributed by atoms with Gasteiger partial charge in [-0.15, -0.1) is 0 Å². The fraction of sp³-hybridized carbons (Fsp3) is 0.312. The molecule has 2 atom stereocenters. The van der Waals surface area contributed by atoms with E-state index in [-0.39, 0.29) is 5.91 Å². The number of aromatic nitrogens is 2. The van der Waals surface area contributed by atoms with E-state index >= 15 is 0 Å². The smallest absolute Gasteiger partial charge is 0.308 e. The zero-order valence-electron chi connectivity index (χ0n) is 12.8. The molecular formula is C16H19N3O3. The van der Waals surface area contributed by atoms with Crippen LogP contribution in [-0.2, 0) is 4.79 Å². The van der Waals surface area contributed by atoms with Gasteiger partial charge in [-0.25, -0.2) is 4.68 Å². The number of aliphatic carboxylic acids is 1. The number of nitrogens with zero attached hydrogens (tertiary/aromatic N) is 2. The topological polar surface area (TPSA) is 84.2 Å². The van der Waals surface area contributed by atoms with E-state index in [9.17, 15) is 9.59 Å². The SMILES string of the molecule is Cc1cc(C(=O)NC(C)C(C)C(=O)O)ccc1-n1cccn1. The number of hydrogen-bond donors (Lipinski definition) is 2. The minimum Gasteiger partial charge on any atom is -0.481 e. The maximum absolute atomic E-state index is 12.2. The van der Waals surface area contributed by atoms with Crippen LogP contribution in [0, 0.1) is 12.8 Å². The minimum absolute atomic E-state index is 0.282. The number of rotatable bonds is 5. The second-order valence-corrected chi connectivity index (χ2v) is 5.34. The third-order valence-corrected chi connectivity index (χ3v) is 3.71. The molecule has 0 spiro atoms. The van der Waals surface area contributed by atoms with Crippen molar-refractivity contribution >= 4 is 11.9 Å². The Balaban J connectivity index is 2.15. The van der Waals surface area contributed by atoms with Gasteiger partial charge in [0.05, 0.1) is 11.6 Å². The molecule has 6 heteroatoms. The van der Waals surface area contributed by atoms with E-state index in [2.05, 4.69) is 10.4 Å². The first-order chi connectivity index (χ1) is 10.4. The van der Waals surface area contributed by atoms with Crippen LogP contribution in [0.1, 0.15) is 29.8 Å². The van der Waals surface area contributed by atoms with Crippen molar-refractivity contribution in [1.29, 1.82) is 0 Å². The molecule has 0 radical (unpaired) electrons. The van der Waals surface area contributed by atoms with Gasteiger partial charge in [-0.1, -0.05) is 0 Å². The number of benzene rings is 1. The van der Waals surface area contributed by atoms with Gasteiger partial charge in [0, 0.05) is 24.0 Å². The zero-order valence-corrected chi connectivity index (χ0v) is 12.8. The predicted molar refractivity (Wildman–Crippen MR) is 82.0 cm³/mol. The number of carboxylic acids is 1. The Morgan fingerprint density at radius 3 is 2.59 bits per heavy atom. The summed E-state index contributed by atoms with van der Waals surface area (Å²) < 4.78 is 1.73. The Morgan fingerprint density at radius 2 is 2.05 bits per heavy atom. The molecule has 0 aliphatic rings. The Kier molecular flexibility index (Phi) is 4.60. The number of hydrogen-bond acceptors (Lipinski definition) is 3. The number of carbonyl (C=O) groups excluding carboxylic acids is 1. The third-order valence-electron chi connectivity index (χ3n) is 3.71. The average molecular weight is 301 g/mol. The van der Waals surface area contributed by atoms with Gasteiger partial charge in [0.1, 0.15) is 0 Å². The number of carbonyl (C=O) groups is 2. The highest BCUT2D eigenvalue weighted by molar-refractivity contribution is 5.95. The third kappa shape index (κ3) is 3.33. The van der Waals surface area contributed by atoms with Crippen molar-refractivity contribution in [2.24, 2.45) is 5.92 Å². The molecule has 0 bridgehead atoms. The Hall–Kier alpha value is -2.63. The quantitative estimate of drug-likeness (QED) is 0.885. The van der Waals surface area contributed by atoms with E-state index in [1.54, 1.807) is 36.9 Å². The lowest BCUT2D eigenvalue weighted by molar-refractivity contribution is -0.141. The first-order valence-corrected chi connectivity index (χ1v) is 7.04. The van der Waals surface area contributed by atoms with Crippen LogP contribution in [0.15, 0.2) is 36.7 Å². The molecule has 2 N–H and O–H groups in total. The highest BCUT2D eigenvalue weighted by atomic mass is 16.4. The van der Waals surface area contributed by atoms with Crippen LogP contribution in [0.4, 0.5) is 0 Å². The van der Waals surface area contributed by atoms with E-state index in [0.29, 0.717) is 5.56 Å². The van der Waals surface area contributed by atoms with Crippen molar-refractivity contribution in [3.8, 4) is 5.69 Å². The molecule has 1 amide bonds. The van der Waals surface area contributed by atoms with E-state index in [1.807, 2.05) is 25.3 Å². The molecule has 2 aromatic rings. The molecule has 116 valence electrons. The molecule has 22 heavy (non-hydrogen) atoms. The summed E-state index contributed by atoms with van der Waals surface area (Å²) in [6.45, 7) is 5.15. The number of aryl methyl sites for hydroxylation is 1. The monoisotopic (exact) mass is 301 g/mol. The fourth-order valence-electron chi connectivity index (χ4n) is 2.09. The van der Waals surface area contributed by atoms with Crippen LogP contribution in [0.25, 0.3) is 5.69 Å². The first kappa shape index (κ1) is 15.8. The van der Waals surface area contributed by atoms with Gasteiger partial charge in [-0.05, 0) is 50.6 Å². The Morgan fingerprint density at radius 1 is 1.32 bits per heavy atom. The van der Waals surface area contributed by atoms with Gasteiger partial charge in [-0.3, -0.25) is 9.59 Å². The van der Waals surface area contributed by atoms with Gasteiger partial charge < -0.3 is 10.4 Å². The van der Waals surface area contributed by atoms with Gasteiger partial charge >= 0.3 is 5.97 Å². The number of amides is 1. The first-order valence-electron chi connectivity index (χ1n) is 7.04.